The molecular formula is C26H27ClN6OS. The molecule has 0 saturated carbocycles. The molecule has 1 saturated heterocycles. The molecule has 0 spiro atoms. The predicted octanol–water partition coefficient (Wildman–Crippen LogP) is 5.92. The summed E-state index contributed by atoms with van der Waals surface area (Å²) in [5.41, 5.74) is 8.46. The second-order valence-electron chi connectivity index (χ2n) is 8.02. The van der Waals surface area contributed by atoms with Gasteiger partial charge < -0.3 is 21.3 Å². The van der Waals surface area contributed by atoms with E-state index in [0.717, 1.165) is 42.3 Å². The van der Waals surface area contributed by atoms with E-state index in [2.05, 4.69) is 27.1 Å². The lowest BCUT2D eigenvalue weighted by Crippen LogP contribution is -2.37. The fourth-order valence-electron chi connectivity index (χ4n) is 3.31. The molecule has 1 aromatic heterocycles. The molecule has 4 N–H and O–H groups in total. The highest BCUT2D eigenvalue weighted by Crippen LogP contribution is 2.30. The highest BCUT2D eigenvalue weighted by atomic mass is 35.5. The molecule has 0 aliphatic carbocycles. The van der Waals surface area contributed by atoms with Crippen molar-refractivity contribution in [2.45, 2.75) is 29.8 Å². The Bertz CT molecular complexity index is 1260. The van der Waals surface area contributed by atoms with Gasteiger partial charge in [0.1, 0.15) is 11.6 Å². The van der Waals surface area contributed by atoms with Crippen molar-refractivity contribution in [3.05, 3.63) is 89.2 Å². The van der Waals surface area contributed by atoms with Gasteiger partial charge >= 0.3 is 0 Å². The molecule has 0 bridgehead atoms. The van der Waals surface area contributed by atoms with E-state index in [1.54, 1.807) is 24.3 Å². The Morgan fingerprint density at radius 1 is 1.17 bits per heavy atom. The summed E-state index contributed by atoms with van der Waals surface area (Å²) in [6, 6.07) is 16.4. The van der Waals surface area contributed by atoms with Gasteiger partial charge in [0.15, 0.2) is 5.16 Å². The van der Waals surface area contributed by atoms with Crippen LogP contribution < -0.4 is 21.3 Å². The lowest BCUT2D eigenvalue weighted by atomic mass is 10.2. The van der Waals surface area contributed by atoms with Gasteiger partial charge in [0, 0.05) is 41.1 Å². The monoisotopic (exact) mass is 506 g/mol. The summed E-state index contributed by atoms with van der Waals surface area (Å²) in [4.78, 5) is 25.1. The second-order valence-corrected chi connectivity index (χ2v) is 9.47. The topological polar surface area (TPSA) is 96.2 Å². The van der Waals surface area contributed by atoms with Gasteiger partial charge in [-0.3, -0.25) is 4.79 Å². The number of allylic oxidation sites excluding steroid dienone is 2. The van der Waals surface area contributed by atoms with E-state index in [9.17, 15) is 4.79 Å². The first-order valence-corrected chi connectivity index (χ1v) is 12.5. The van der Waals surface area contributed by atoms with Gasteiger partial charge in [0.2, 0.25) is 0 Å². The molecule has 1 aliphatic heterocycles. The summed E-state index contributed by atoms with van der Waals surface area (Å²) in [6.45, 7) is 7.98. The number of nitrogens with one attached hydrogen (secondary N) is 2. The maximum Gasteiger partial charge on any atom is 0.257 e. The molecule has 35 heavy (non-hydrogen) atoms. The van der Waals surface area contributed by atoms with Crippen LogP contribution >= 0.6 is 23.4 Å². The smallest absolute Gasteiger partial charge is 0.257 e. The fraction of sp³-hybridized carbons (Fsp3) is 0.192. The van der Waals surface area contributed by atoms with Gasteiger partial charge in [-0.25, -0.2) is 9.97 Å². The maximum absolute atomic E-state index is 12.5. The number of carbonyl (C=O) groups is 1. The predicted molar refractivity (Wildman–Crippen MR) is 144 cm³/mol. The molecule has 1 fully saturated rings. The van der Waals surface area contributed by atoms with E-state index >= 15 is 0 Å². The van der Waals surface area contributed by atoms with Gasteiger partial charge in [-0.1, -0.05) is 37.2 Å². The number of hydrogen-bond acceptors (Lipinski definition) is 7. The number of carbonyl (C=O) groups excluding carboxylic acids is 1. The largest absolute Gasteiger partial charge is 0.402 e. The first kappa shape index (κ1) is 24.6. The third-order valence-corrected chi connectivity index (χ3v) is 6.57. The van der Waals surface area contributed by atoms with Crippen molar-refractivity contribution in [2.24, 2.45) is 5.73 Å². The van der Waals surface area contributed by atoms with Gasteiger partial charge in [-0.05, 0) is 67.1 Å². The average Bonchev–Trinajstić information content (AvgIpc) is 2.79. The highest BCUT2D eigenvalue weighted by molar-refractivity contribution is 7.99. The van der Waals surface area contributed by atoms with Gasteiger partial charge in [0.05, 0.1) is 10.6 Å². The molecule has 1 aliphatic rings. The van der Waals surface area contributed by atoms with Crippen LogP contribution in [0.15, 0.2) is 88.7 Å². The average molecular weight is 507 g/mol. The Hall–Kier alpha value is -3.49. The fourth-order valence-corrected chi connectivity index (χ4v) is 4.30. The minimum absolute atomic E-state index is 0.254. The lowest BCUT2D eigenvalue weighted by Gasteiger charge is -2.32. The summed E-state index contributed by atoms with van der Waals surface area (Å²) in [5.74, 6) is 1.29. The molecule has 2 heterocycles. The number of nitrogens with zero attached hydrogens (tertiary/aromatic N) is 3. The SMILES string of the molecule is C=C(/C=C(\N)CC)Nc1cc(N2CCC2)nc(Sc2ccc(NC(=O)c3ccccc3Cl)cc2)n1. The molecule has 4 rings (SSSR count). The van der Waals surface area contributed by atoms with Crippen molar-refractivity contribution in [1.29, 1.82) is 0 Å². The quantitative estimate of drug-likeness (QED) is 0.245. The second kappa shape index (κ2) is 11.3. The number of amides is 1. The Labute approximate surface area is 214 Å². The van der Waals surface area contributed by atoms with E-state index in [1.165, 1.54) is 11.8 Å². The van der Waals surface area contributed by atoms with Crippen LogP contribution in [0.1, 0.15) is 30.1 Å². The van der Waals surface area contributed by atoms with Crippen LogP contribution in [0.5, 0.6) is 0 Å². The first-order chi connectivity index (χ1) is 16.9. The van der Waals surface area contributed by atoms with Gasteiger partial charge in [-0.2, -0.15) is 0 Å². The van der Waals surface area contributed by atoms with Crippen molar-refractivity contribution in [2.75, 3.05) is 28.6 Å². The van der Waals surface area contributed by atoms with Crippen LogP contribution in [-0.2, 0) is 0 Å². The molecule has 0 atom stereocenters. The number of halogens is 1. The number of rotatable bonds is 9. The van der Waals surface area contributed by atoms with Crippen LogP contribution in [0.4, 0.5) is 17.3 Å². The van der Waals surface area contributed by atoms with Gasteiger partial charge in [0.25, 0.3) is 5.91 Å². The Morgan fingerprint density at radius 2 is 1.91 bits per heavy atom. The van der Waals surface area contributed by atoms with E-state index in [4.69, 9.17) is 22.3 Å². The van der Waals surface area contributed by atoms with E-state index in [0.29, 0.717) is 32.9 Å². The molecule has 7 nitrogen and oxygen atoms in total. The molecule has 2 aromatic carbocycles. The Kier molecular flexibility index (Phi) is 7.94. The van der Waals surface area contributed by atoms with Crippen molar-refractivity contribution in [3.8, 4) is 0 Å². The minimum atomic E-state index is -0.254. The van der Waals surface area contributed by atoms with Crippen LogP contribution in [0.25, 0.3) is 0 Å². The zero-order valence-corrected chi connectivity index (χ0v) is 21.0. The van der Waals surface area contributed by atoms with Crippen molar-refractivity contribution >= 4 is 46.6 Å². The van der Waals surface area contributed by atoms with Crippen LogP contribution in [0.3, 0.4) is 0 Å². The van der Waals surface area contributed by atoms with Crippen molar-refractivity contribution in [3.63, 3.8) is 0 Å². The number of anilines is 3. The number of benzene rings is 2. The summed E-state index contributed by atoms with van der Waals surface area (Å²) in [6.07, 6.45) is 3.71. The standard InChI is InChI=1S/C26H27ClN6OS/c1-3-18(28)15-17(2)29-23-16-24(33-13-6-14-33)32-26(31-23)35-20-11-9-19(10-12-20)30-25(34)21-7-4-5-8-22(21)27/h4-5,7-12,15-16H,2-3,6,13-14,28H2,1H3,(H,30,34)(H,29,31,32)/b18-15-. The molecule has 1 amide bonds. The Morgan fingerprint density at radius 3 is 2.57 bits per heavy atom. The van der Waals surface area contributed by atoms with Crippen LogP contribution in [0.2, 0.25) is 5.02 Å². The van der Waals surface area contributed by atoms with E-state index in [-0.39, 0.29) is 5.91 Å². The summed E-state index contributed by atoms with van der Waals surface area (Å²) in [5, 5.41) is 7.13. The summed E-state index contributed by atoms with van der Waals surface area (Å²) >= 11 is 7.57. The zero-order chi connectivity index (χ0) is 24.8. The van der Waals surface area contributed by atoms with E-state index in [1.807, 2.05) is 43.3 Å². The zero-order valence-electron chi connectivity index (χ0n) is 19.4. The normalized spacial score (nSPS) is 13.2. The van der Waals surface area contributed by atoms with Crippen LogP contribution in [-0.4, -0.2) is 29.0 Å². The summed E-state index contributed by atoms with van der Waals surface area (Å²) < 4.78 is 0. The molecule has 3 aromatic rings. The van der Waals surface area contributed by atoms with Gasteiger partial charge in [-0.15, -0.1) is 0 Å². The lowest BCUT2D eigenvalue weighted by molar-refractivity contribution is 0.102. The summed E-state index contributed by atoms with van der Waals surface area (Å²) in [7, 11) is 0. The Balaban J connectivity index is 1.48. The maximum atomic E-state index is 12.5. The molecule has 9 heteroatoms. The molecule has 0 unspecified atom stereocenters. The molecule has 0 radical (unpaired) electrons. The molecular weight excluding hydrogens is 480 g/mol. The number of hydrogen-bond donors (Lipinski definition) is 3. The first-order valence-electron chi connectivity index (χ1n) is 11.3. The van der Waals surface area contributed by atoms with Crippen molar-refractivity contribution in [1.82, 2.24) is 9.97 Å². The minimum Gasteiger partial charge on any atom is -0.402 e. The third kappa shape index (κ3) is 6.55. The molecule has 180 valence electrons. The third-order valence-electron chi connectivity index (χ3n) is 5.37. The van der Waals surface area contributed by atoms with Crippen molar-refractivity contribution < 1.29 is 4.79 Å². The van der Waals surface area contributed by atoms with E-state index < -0.39 is 0 Å². The number of aromatic nitrogens is 2. The number of nitrogens with two attached hydrogens (primary N) is 1. The van der Waals surface area contributed by atoms with Crippen LogP contribution in [0, 0.1) is 0 Å². The highest BCUT2D eigenvalue weighted by Gasteiger charge is 2.18.